The van der Waals surface area contributed by atoms with E-state index in [-0.39, 0.29) is 5.75 Å². The number of hydrogen-bond donors (Lipinski definition) is 1. The molecule has 3 nitrogen and oxygen atoms in total. The number of phenols is 1. The van der Waals surface area contributed by atoms with E-state index < -0.39 is 11.6 Å². The van der Waals surface area contributed by atoms with Crippen molar-refractivity contribution >= 4 is 0 Å². The second-order valence-corrected chi connectivity index (χ2v) is 6.58. The number of ether oxygens (including phenoxy) is 1. The topological polar surface area (TPSA) is 32.7 Å². The lowest BCUT2D eigenvalue weighted by molar-refractivity contribution is 0.154. The molecule has 2 aromatic carbocycles. The molecular formula is C20H23F2NO2. The van der Waals surface area contributed by atoms with Gasteiger partial charge in [0.05, 0.1) is 0 Å². The first-order valence-corrected chi connectivity index (χ1v) is 8.68. The van der Waals surface area contributed by atoms with Crippen LogP contribution in [0.25, 0.3) is 0 Å². The monoisotopic (exact) mass is 347 g/mol. The molecule has 0 aliphatic carbocycles. The summed E-state index contributed by atoms with van der Waals surface area (Å²) < 4.78 is 31.9. The SMILES string of the molecule is Oc1ccc(OCCN2CCC(Cc3ccc(F)c(F)c3)CC2)cc1. The fourth-order valence-corrected chi connectivity index (χ4v) is 3.25. The van der Waals surface area contributed by atoms with Crippen LogP contribution in [0.2, 0.25) is 0 Å². The van der Waals surface area contributed by atoms with Gasteiger partial charge in [-0.15, -0.1) is 0 Å². The maximum absolute atomic E-state index is 13.3. The van der Waals surface area contributed by atoms with Crippen LogP contribution in [0.15, 0.2) is 42.5 Å². The molecule has 0 radical (unpaired) electrons. The lowest BCUT2D eigenvalue weighted by Gasteiger charge is -2.31. The Kier molecular flexibility index (Phi) is 5.87. The van der Waals surface area contributed by atoms with Crippen molar-refractivity contribution in [3.8, 4) is 11.5 Å². The van der Waals surface area contributed by atoms with Crippen molar-refractivity contribution in [2.24, 2.45) is 5.92 Å². The molecule has 0 saturated carbocycles. The predicted octanol–water partition coefficient (Wildman–Crippen LogP) is 4.00. The Labute approximate surface area is 146 Å². The zero-order valence-corrected chi connectivity index (χ0v) is 14.1. The van der Waals surface area contributed by atoms with Gasteiger partial charge in [0.2, 0.25) is 0 Å². The number of likely N-dealkylation sites (tertiary alicyclic amines) is 1. The predicted molar refractivity (Wildman–Crippen MR) is 92.8 cm³/mol. The molecular weight excluding hydrogens is 324 g/mol. The van der Waals surface area contributed by atoms with Gasteiger partial charge in [-0.3, -0.25) is 4.90 Å². The third-order valence-corrected chi connectivity index (χ3v) is 4.73. The highest BCUT2D eigenvalue weighted by Gasteiger charge is 2.19. The Bertz CT molecular complexity index is 683. The highest BCUT2D eigenvalue weighted by Crippen LogP contribution is 2.23. The largest absolute Gasteiger partial charge is 0.508 e. The van der Waals surface area contributed by atoms with Crippen molar-refractivity contribution in [3.63, 3.8) is 0 Å². The van der Waals surface area contributed by atoms with E-state index in [0.717, 1.165) is 50.2 Å². The van der Waals surface area contributed by atoms with Gasteiger partial charge >= 0.3 is 0 Å². The summed E-state index contributed by atoms with van der Waals surface area (Å²) in [7, 11) is 0. The average molecular weight is 347 g/mol. The minimum atomic E-state index is -0.785. The van der Waals surface area contributed by atoms with E-state index in [2.05, 4.69) is 4.90 Å². The van der Waals surface area contributed by atoms with Gasteiger partial charge in [0.1, 0.15) is 18.1 Å². The van der Waals surface area contributed by atoms with E-state index in [0.29, 0.717) is 12.5 Å². The van der Waals surface area contributed by atoms with E-state index in [4.69, 9.17) is 4.74 Å². The molecule has 0 atom stereocenters. The first kappa shape index (κ1) is 17.7. The zero-order valence-electron chi connectivity index (χ0n) is 14.1. The summed E-state index contributed by atoms with van der Waals surface area (Å²) in [6, 6.07) is 10.9. The summed E-state index contributed by atoms with van der Waals surface area (Å²) in [6.45, 7) is 3.46. The Morgan fingerprint density at radius 3 is 2.40 bits per heavy atom. The Morgan fingerprint density at radius 1 is 1.00 bits per heavy atom. The summed E-state index contributed by atoms with van der Waals surface area (Å²) >= 11 is 0. The molecule has 25 heavy (non-hydrogen) atoms. The lowest BCUT2D eigenvalue weighted by atomic mass is 9.90. The quantitative estimate of drug-likeness (QED) is 0.857. The number of nitrogens with zero attached hydrogens (tertiary/aromatic N) is 1. The van der Waals surface area contributed by atoms with Gasteiger partial charge < -0.3 is 9.84 Å². The maximum Gasteiger partial charge on any atom is 0.159 e. The van der Waals surface area contributed by atoms with Crippen LogP contribution in [0, 0.1) is 17.6 Å². The lowest BCUT2D eigenvalue weighted by Crippen LogP contribution is -2.37. The molecule has 1 heterocycles. The molecule has 0 aromatic heterocycles. The van der Waals surface area contributed by atoms with Crippen molar-refractivity contribution in [2.75, 3.05) is 26.2 Å². The average Bonchev–Trinajstić information content (AvgIpc) is 2.61. The Balaban J connectivity index is 1.38. The third kappa shape index (κ3) is 5.16. The van der Waals surface area contributed by atoms with Gasteiger partial charge in [-0.1, -0.05) is 6.07 Å². The molecule has 1 aliphatic heterocycles. The van der Waals surface area contributed by atoms with Gasteiger partial charge in [0.15, 0.2) is 11.6 Å². The summed E-state index contributed by atoms with van der Waals surface area (Å²) in [5.41, 5.74) is 0.869. The van der Waals surface area contributed by atoms with Crippen LogP contribution < -0.4 is 4.74 Å². The first-order chi connectivity index (χ1) is 12.1. The number of rotatable bonds is 6. The molecule has 1 aliphatic rings. The second kappa shape index (κ2) is 8.30. The number of aromatic hydroxyl groups is 1. The first-order valence-electron chi connectivity index (χ1n) is 8.68. The molecule has 5 heteroatoms. The van der Waals surface area contributed by atoms with Crippen LogP contribution in [-0.2, 0) is 6.42 Å². The fraction of sp³-hybridized carbons (Fsp3) is 0.400. The van der Waals surface area contributed by atoms with Crippen molar-refractivity contribution in [1.82, 2.24) is 4.90 Å². The van der Waals surface area contributed by atoms with Gasteiger partial charge in [-0.05, 0) is 80.2 Å². The summed E-state index contributed by atoms with van der Waals surface area (Å²) in [5, 5.41) is 9.24. The smallest absolute Gasteiger partial charge is 0.159 e. The molecule has 2 aromatic rings. The minimum absolute atomic E-state index is 0.232. The molecule has 0 bridgehead atoms. The van der Waals surface area contributed by atoms with Gasteiger partial charge in [-0.2, -0.15) is 0 Å². The van der Waals surface area contributed by atoms with E-state index in [1.807, 2.05) is 0 Å². The van der Waals surface area contributed by atoms with Crippen molar-refractivity contribution in [2.45, 2.75) is 19.3 Å². The van der Waals surface area contributed by atoms with E-state index in [1.54, 1.807) is 30.3 Å². The standard InChI is InChI=1S/C20H23F2NO2/c21-19-6-1-16(14-20(19)22)13-15-7-9-23(10-8-15)11-12-25-18-4-2-17(24)3-5-18/h1-6,14-15,24H,7-13H2. The number of piperidine rings is 1. The van der Waals surface area contributed by atoms with E-state index in [9.17, 15) is 13.9 Å². The Hall–Kier alpha value is -2.14. The van der Waals surface area contributed by atoms with E-state index in [1.165, 1.54) is 12.1 Å². The molecule has 134 valence electrons. The molecule has 0 spiro atoms. The normalized spacial score (nSPS) is 16.1. The number of phenolic OH excluding ortho intramolecular Hbond substituents is 1. The van der Waals surface area contributed by atoms with Crippen molar-refractivity contribution < 1.29 is 18.6 Å². The highest BCUT2D eigenvalue weighted by molar-refractivity contribution is 5.30. The van der Waals surface area contributed by atoms with Crippen molar-refractivity contribution in [3.05, 3.63) is 59.7 Å². The molecule has 0 amide bonds. The third-order valence-electron chi connectivity index (χ3n) is 4.73. The number of hydrogen-bond acceptors (Lipinski definition) is 3. The van der Waals surface area contributed by atoms with Crippen LogP contribution in [0.1, 0.15) is 18.4 Å². The second-order valence-electron chi connectivity index (χ2n) is 6.58. The van der Waals surface area contributed by atoms with Gasteiger partial charge in [0.25, 0.3) is 0 Å². The molecule has 3 rings (SSSR count). The highest BCUT2D eigenvalue weighted by atomic mass is 19.2. The number of benzene rings is 2. The molecule has 1 fully saturated rings. The van der Waals surface area contributed by atoms with E-state index >= 15 is 0 Å². The summed E-state index contributed by atoms with van der Waals surface area (Å²) in [4.78, 5) is 2.36. The molecule has 1 saturated heterocycles. The zero-order chi connectivity index (χ0) is 17.6. The van der Waals surface area contributed by atoms with Crippen LogP contribution in [-0.4, -0.2) is 36.2 Å². The van der Waals surface area contributed by atoms with Gasteiger partial charge in [0, 0.05) is 6.54 Å². The fourth-order valence-electron chi connectivity index (χ4n) is 3.25. The number of halogens is 2. The minimum Gasteiger partial charge on any atom is -0.508 e. The summed E-state index contributed by atoms with van der Waals surface area (Å²) in [6.07, 6.45) is 2.91. The molecule has 0 unspecified atom stereocenters. The molecule has 1 N–H and O–H groups in total. The maximum atomic E-state index is 13.3. The van der Waals surface area contributed by atoms with Crippen LogP contribution in [0.3, 0.4) is 0 Å². The van der Waals surface area contributed by atoms with Crippen LogP contribution in [0.5, 0.6) is 11.5 Å². The Morgan fingerprint density at radius 2 is 1.72 bits per heavy atom. The summed E-state index contributed by atoms with van der Waals surface area (Å²) in [5.74, 6) is -0.0471. The van der Waals surface area contributed by atoms with Crippen LogP contribution in [0.4, 0.5) is 8.78 Å². The van der Waals surface area contributed by atoms with Gasteiger partial charge in [-0.25, -0.2) is 8.78 Å². The van der Waals surface area contributed by atoms with Crippen molar-refractivity contribution in [1.29, 1.82) is 0 Å². The van der Waals surface area contributed by atoms with Crippen LogP contribution >= 0.6 is 0 Å².